The third-order valence-electron chi connectivity index (χ3n) is 4.51. The second kappa shape index (κ2) is 9.78. The number of benzene rings is 2. The molecule has 2 aromatic carbocycles. The molecular weight excluding hydrogens is 356 g/mol. The summed E-state index contributed by atoms with van der Waals surface area (Å²) in [4.78, 5) is 25.6. The van der Waals surface area contributed by atoms with E-state index in [9.17, 15) is 9.59 Å². The van der Waals surface area contributed by atoms with E-state index in [1.54, 1.807) is 18.2 Å². The maximum atomic E-state index is 12.8. The molecule has 2 aromatic rings. The molecule has 6 nitrogen and oxygen atoms in total. The Hall–Kier alpha value is -3.02. The first-order valence-corrected chi connectivity index (χ1v) is 9.25. The normalized spacial score (nSPS) is 12.8. The summed E-state index contributed by atoms with van der Waals surface area (Å²) >= 11 is 0. The van der Waals surface area contributed by atoms with Crippen LogP contribution in [0.4, 0.5) is 0 Å². The van der Waals surface area contributed by atoms with Crippen LogP contribution in [0.1, 0.15) is 42.7 Å². The molecular formula is C22H28N2O4. The molecule has 1 unspecified atom stereocenters. The molecule has 0 saturated heterocycles. The smallest absolute Gasteiger partial charge is 0.252 e. The molecule has 0 spiro atoms. The van der Waals surface area contributed by atoms with Gasteiger partial charge in [0.15, 0.2) is 0 Å². The first-order valence-electron chi connectivity index (χ1n) is 9.25. The van der Waals surface area contributed by atoms with Gasteiger partial charge < -0.3 is 20.1 Å². The average molecular weight is 384 g/mol. The van der Waals surface area contributed by atoms with Gasteiger partial charge in [-0.05, 0) is 30.5 Å². The van der Waals surface area contributed by atoms with Crippen molar-refractivity contribution in [2.45, 2.75) is 32.9 Å². The Kier molecular flexibility index (Phi) is 7.44. The van der Waals surface area contributed by atoms with Crippen molar-refractivity contribution in [3.63, 3.8) is 0 Å². The lowest BCUT2D eigenvalue weighted by Crippen LogP contribution is -2.50. The first kappa shape index (κ1) is 21.3. The molecule has 6 heteroatoms. The predicted molar refractivity (Wildman–Crippen MR) is 109 cm³/mol. The van der Waals surface area contributed by atoms with E-state index in [2.05, 4.69) is 10.6 Å². The van der Waals surface area contributed by atoms with Gasteiger partial charge in [0.1, 0.15) is 17.5 Å². The molecule has 0 saturated carbocycles. The van der Waals surface area contributed by atoms with Gasteiger partial charge in [0, 0.05) is 11.6 Å². The molecule has 2 N–H and O–H groups in total. The second-order valence-corrected chi connectivity index (χ2v) is 6.94. The SMILES string of the molecule is COc1cc(OC)cc(C(=O)N[C@H](C(=O)NC(C)c2ccccc2)C(C)C)c1. The number of methoxy groups -OCH3 is 2. The van der Waals surface area contributed by atoms with Crippen molar-refractivity contribution < 1.29 is 19.1 Å². The largest absolute Gasteiger partial charge is 0.497 e. The zero-order valence-electron chi connectivity index (χ0n) is 17.0. The Labute approximate surface area is 166 Å². The van der Waals surface area contributed by atoms with Gasteiger partial charge in [-0.25, -0.2) is 0 Å². The van der Waals surface area contributed by atoms with Crippen molar-refractivity contribution >= 4 is 11.8 Å². The van der Waals surface area contributed by atoms with E-state index in [4.69, 9.17) is 9.47 Å². The molecule has 2 amide bonds. The van der Waals surface area contributed by atoms with Gasteiger partial charge in [0.05, 0.1) is 20.3 Å². The summed E-state index contributed by atoms with van der Waals surface area (Å²) in [5.41, 5.74) is 1.37. The van der Waals surface area contributed by atoms with Crippen LogP contribution in [0.5, 0.6) is 11.5 Å². The number of amides is 2. The molecule has 28 heavy (non-hydrogen) atoms. The lowest BCUT2D eigenvalue weighted by Gasteiger charge is -2.24. The van der Waals surface area contributed by atoms with Gasteiger partial charge in [-0.15, -0.1) is 0 Å². The van der Waals surface area contributed by atoms with E-state index in [0.717, 1.165) is 5.56 Å². The average Bonchev–Trinajstić information content (AvgIpc) is 2.71. The molecule has 150 valence electrons. The van der Waals surface area contributed by atoms with E-state index in [1.165, 1.54) is 14.2 Å². The molecule has 2 rings (SSSR count). The number of nitrogens with one attached hydrogen (secondary N) is 2. The Bertz CT molecular complexity index is 783. The molecule has 0 fully saturated rings. The lowest BCUT2D eigenvalue weighted by molar-refractivity contribution is -0.124. The third kappa shape index (κ3) is 5.49. The highest BCUT2D eigenvalue weighted by molar-refractivity contribution is 5.98. The van der Waals surface area contributed by atoms with Crippen molar-refractivity contribution in [1.29, 1.82) is 0 Å². The number of carbonyl (C=O) groups excluding carboxylic acids is 2. The molecule has 0 aliphatic heterocycles. The fraction of sp³-hybridized carbons (Fsp3) is 0.364. The fourth-order valence-corrected chi connectivity index (χ4v) is 2.83. The Morgan fingerprint density at radius 2 is 1.43 bits per heavy atom. The summed E-state index contributed by atoms with van der Waals surface area (Å²) in [6.45, 7) is 5.70. The van der Waals surface area contributed by atoms with Gasteiger partial charge in [-0.3, -0.25) is 9.59 Å². The topological polar surface area (TPSA) is 76.7 Å². The quantitative estimate of drug-likeness (QED) is 0.732. The summed E-state index contributed by atoms with van der Waals surface area (Å²) in [6.07, 6.45) is 0. The zero-order chi connectivity index (χ0) is 20.7. The van der Waals surface area contributed by atoms with Gasteiger partial charge in [0.2, 0.25) is 5.91 Å². The maximum Gasteiger partial charge on any atom is 0.252 e. The number of ether oxygens (including phenoxy) is 2. The molecule has 0 heterocycles. The monoisotopic (exact) mass is 384 g/mol. The van der Waals surface area contributed by atoms with Gasteiger partial charge in [-0.2, -0.15) is 0 Å². The molecule has 2 atom stereocenters. The summed E-state index contributed by atoms with van der Waals surface area (Å²) in [5.74, 6) is 0.341. The minimum atomic E-state index is -0.671. The van der Waals surface area contributed by atoms with Crippen molar-refractivity contribution in [2.75, 3.05) is 14.2 Å². The Morgan fingerprint density at radius 3 is 1.93 bits per heavy atom. The summed E-state index contributed by atoms with van der Waals surface area (Å²) in [5, 5.41) is 5.81. The van der Waals surface area contributed by atoms with Crippen molar-refractivity contribution in [1.82, 2.24) is 10.6 Å². The number of hydrogen-bond donors (Lipinski definition) is 2. The third-order valence-corrected chi connectivity index (χ3v) is 4.51. The highest BCUT2D eigenvalue weighted by Crippen LogP contribution is 2.22. The summed E-state index contributed by atoms with van der Waals surface area (Å²) < 4.78 is 10.4. The Morgan fingerprint density at radius 1 is 0.857 bits per heavy atom. The minimum absolute atomic E-state index is 0.0839. The van der Waals surface area contributed by atoms with Crippen molar-refractivity contribution in [3.05, 3.63) is 59.7 Å². The zero-order valence-corrected chi connectivity index (χ0v) is 17.0. The van der Waals surface area contributed by atoms with Crippen molar-refractivity contribution in [2.24, 2.45) is 5.92 Å². The minimum Gasteiger partial charge on any atom is -0.497 e. The summed E-state index contributed by atoms with van der Waals surface area (Å²) in [7, 11) is 3.04. The van der Waals surface area contributed by atoms with Gasteiger partial charge >= 0.3 is 0 Å². The second-order valence-electron chi connectivity index (χ2n) is 6.94. The van der Waals surface area contributed by atoms with Crippen LogP contribution in [0.3, 0.4) is 0 Å². The van der Waals surface area contributed by atoms with Crippen LogP contribution >= 0.6 is 0 Å². The maximum absolute atomic E-state index is 12.8. The molecule has 0 aromatic heterocycles. The van der Waals surface area contributed by atoms with Gasteiger partial charge in [0.25, 0.3) is 5.91 Å². The van der Waals surface area contributed by atoms with Crippen LogP contribution in [-0.2, 0) is 4.79 Å². The van der Waals surface area contributed by atoms with Crippen LogP contribution < -0.4 is 20.1 Å². The lowest BCUT2D eigenvalue weighted by atomic mass is 10.0. The molecule has 0 radical (unpaired) electrons. The van der Waals surface area contributed by atoms with E-state index in [0.29, 0.717) is 17.1 Å². The predicted octanol–water partition coefficient (Wildman–Crippen LogP) is 3.34. The van der Waals surface area contributed by atoms with Crippen LogP contribution in [0, 0.1) is 5.92 Å². The van der Waals surface area contributed by atoms with Crippen LogP contribution in [0.15, 0.2) is 48.5 Å². The van der Waals surface area contributed by atoms with E-state index in [1.807, 2.05) is 51.1 Å². The summed E-state index contributed by atoms with van der Waals surface area (Å²) in [6, 6.07) is 13.8. The standard InChI is InChI=1S/C22H28N2O4/c1-14(2)20(22(26)23-15(3)16-9-7-6-8-10-16)24-21(25)17-11-18(27-4)13-19(12-17)28-5/h6-15,20H,1-5H3,(H,23,26)(H,24,25)/t15?,20-/m0/s1. The Balaban J connectivity index is 2.13. The number of carbonyl (C=O) groups is 2. The molecule has 0 bridgehead atoms. The van der Waals surface area contributed by atoms with Crippen molar-refractivity contribution in [3.8, 4) is 11.5 Å². The first-order chi connectivity index (χ1) is 13.3. The van der Waals surface area contributed by atoms with E-state index < -0.39 is 6.04 Å². The van der Waals surface area contributed by atoms with Crippen LogP contribution in [0.2, 0.25) is 0 Å². The van der Waals surface area contributed by atoms with Crippen LogP contribution in [0.25, 0.3) is 0 Å². The number of rotatable bonds is 8. The molecule has 0 aliphatic rings. The fourth-order valence-electron chi connectivity index (χ4n) is 2.83. The van der Waals surface area contributed by atoms with E-state index >= 15 is 0 Å². The highest BCUT2D eigenvalue weighted by atomic mass is 16.5. The van der Waals surface area contributed by atoms with Crippen LogP contribution in [-0.4, -0.2) is 32.1 Å². The van der Waals surface area contributed by atoms with E-state index in [-0.39, 0.29) is 23.8 Å². The molecule has 0 aliphatic carbocycles. The van der Waals surface area contributed by atoms with Gasteiger partial charge in [-0.1, -0.05) is 44.2 Å². The highest BCUT2D eigenvalue weighted by Gasteiger charge is 2.26. The number of hydrogen-bond acceptors (Lipinski definition) is 4.